The summed E-state index contributed by atoms with van der Waals surface area (Å²) in [5, 5.41) is 8.91. The molecule has 2 heterocycles. The number of hydroxylamine groups is 1. The molecule has 0 aromatic heterocycles. The minimum Gasteiger partial charge on any atom is -0.496 e. The standard InChI is InChI=1S/C39H56ClN5O8/c1-7-12-27(33(47)36(49)41-24-15-16-24)42-35(48)29-21-39(20-28(44-53-39)25-18-26(40)31(52-6)19-30(25)51-5)22-45(29)37(50)34(38(2,3)4)43-32(46)17-23-13-10-8-9-11-14-23/h18-20,23-24,27,29,34,44H,7-17,21-22H2,1-6H3,(H,41,49)(H,42,48)(H,43,46)/t27-,29-,34+,39+/m0/s1. The Morgan fingerprint density at radius 2 is 1.68 bits per heavy atom. The number of hydrogen-bond donors (Lipinski definition) is 4. The van der Waals surface area contributed by atoms with Gasteiger partial charge in [0, 0.05) is 30.5 Å². The van der Waals surface area contributed by atoms with Gasteiger partial charge >= 0.3 is 0 Å². The number of methoxy groups -OCH3 is 2. The number of ether oxygens (including phenoxy) is 2. The first kappa shape index (κ1) is 40.3. The first-order chi connectivity index (χ1) is 25.2. The summed E-state index contributed by atoms with van der Waals surface area (Å²) < 4.78 is 11.0. The molecule has 2 aliphatic heterocycles. The molecule has 292 valence electrons. The number of halogens is 1. The van der Waals surface area contributed by atoms with Crippen molar-refractivity contribution in [1.82, 2.24) is 26.3 Å². The SMILES string of the molecule is CCC[C@H](NC(=O)[C@@H]1C[C@]2(C=C(c3cc(Cl)c(OC)cc3OC)NO2)CN1C(=O)[C@@H](NC(=O)CC1CCCCCC1)C(C)(C)C)C(=O)C(=O)NC1CC1. The first-order valence-corrected chi connectivity index (χ1v) is 19.4. The molecule has 4 aliphatic rings. The van der Waals surface area contributed by atoms with Gasteiger partial charge in [-0.15, -0.1) is 0 Å². The number of carbonyl (C=O) groups is 5. The second-order valence-corrected chi connectivity index (χ2v) is 16.5. The summed E-state index contributed by atoms with van der Waals surface area (Å²) in [6.45, 7) is 7.46. The van der Waals surface area contributed by atoms with E-state index < -0.39 is 52.6 Å². The molecule has 3 fully saturated rings. The normalized spacial score (nSPS) is 23.0. The van der Waals surface area contributed by atoms with Crippen LogP contribution >= 0.6 is 11.6 Å². The number of nitrogens with zero attached hydrogens (tertiary/aromatic N) is 1. The number of amides is 4. The Bertz CT molecular complexity index is 1580. The second-order valence-electron chi connectivity index (χ2n) is 16.1. The van der Waals surface area contributed by atoms with Crippen LogP contribution in [0.1, 0.15) is 110 Å². The molecule has 14 heteroatoms. The lowest BCUT2D eigenvalue weighted by molar-refractivity contribution is -0.145. The molecule has 0 radical (unpaired) electrons. The van der Waals surface area contributed by atoms with Crippen molar-refractivity contribution in [3.8, 4) is 11.5 Å². The molecule has 1 aromatic carbocycles. The zero-order chi connectivity index (χ0) is 38.5. The van der Waals surface area contributed by atoms with Crippen molar-refractivity contribution in [2.45, 2.75) is 135 Å². The molecule has 0 unspecified atom stereocenters. The van der Waals surface area contributed by atoms with Gasteiger partial charge in [0.25, 0.3) is 5.91 Å². The monoisotopic (exact) mass is 757 g/mol. The fraction of sp³-hybridized carbons (Fsp3) is 0.667. The molecule has 2 aliphatic carbocycles. The molecule has 1 saturated heterocycles. The highest BCUT2D eigenvalue weighted by Crippen LogP contribution is 2.42. The van der Waals surface area contributed by atoms with Gasteiger partial charge in [0.05, 0.1) is 37.5 Å². The predicted molar refractivity (Wildman–Crippen MR) is 200 cm³/mol. The minimum absolute atomic E-state index is 0.0217. The number of nitrogens with one attached hydrogen (secondary N) is 4. The lowest BCUT2D eigenvalue weighted by Gasteiger charge is -2.36. The van der Waals surface area contributed by atoms with E-state index in [1.807, 2.05) is 27.7 Å². The highest BCUT2D eigenvalue weighted by molar-refractivity contribution is 6.38. The van der Waals surface area contributed by atoms with E-state index in [-0.39, 0.29) is 37.3 Å². The van der Waals surface area contributed by atoms with E-state index >= 15 is 0 Å². The van der Waals surface area contributed by atoms with Crippen molar-refractivity contribution in [2.24, 2.45) is 11.3 Å². The minimum atomic E-state index is -1.18. The Balaban J connectivity index is 1.45. The predicted octanol–water partition coefficient (Wildman–Crippen LogP) is 4.60. The Labute approximate surface area is 317 Å². The lowest BCUT2D eigenvalue weighted by atomic mass is 9.85. The van der Waals surface area contributed by atoms with Crippen LogP contribution in [0.15, 0.2) is 18.2 Å². The molecule has 13 nitrogen and oxygen atoms in total. The van der Waals surface area contributed by atoms with Crippen LogP contribution in [0.25, 0.3) is 5.70 Å². The lowest BCUT2D eigenvalue weighted by Crippen LogP contribution is -2.59. The van der Waals surface area contributed by atoms with Gasteiger partial charge in [-0.3, -0.25) is 34.3 Å². The third kappa shape index (κ3) is 9.83. The summed E-state index contributed by atoms with van der Waals surface area (Å²) in [6.07, 6.45) is 11.1. The molecular formula is C39H56ClN5O8. The number of Topliss-reactive ketones (excluding diaryl/α,β-unsaturated/α-hetero) is 1. The number of hydrogen-bond acceptors (Lipinski definition) is 9. The summed E-state index contributed by atoms with van der Waals surface area (Å²) in [4.78, 5) is 76.2. The van der Waals surface area contributed by atoms with Crippen LogP contribution in [0.2, 0.25) is 5.02 Å². The molecule has 2 saturated carbocycles. The maximum Gasteiger partial charge on any atom is 0.289 e. The highest BCUT2D eigenvalue weighted by Gasteiger charge is 2.54. The van der Waals surface area contributed by atoms with Crippen LogP contribution in [-0.2, 0) is 28.8 Å². The molecule has 4 amide bonds. The maximum atomic E-state index is 14.7. The fourth-order valence-electron chi connectivity index (χ4n) is 7.56. The first-order valence-electron chi connectivity index (χ1n) is 19.0. The van der Waals surface area contributed by atoms with E-state index in [4.69, 9.17) is 25.9 Å². The topological polar surface area (TPSA) is 164 Å². The molecular weight excluding hydrogens is 702 g/mol. The number of benzene rings is 1. The van der Waals surface area contributed by atoms with Crippen molar-refractivity contribution in [3.63, 3.8) is 0 Å². The molecule has 4 atom stereocenters. The summed E-state index contributed by atoms with van der Waals surface area (Å²) >= 11 is 6.49. The van der Waals surface area contributed by atoms with Gasteiger partial charge in [0.1, 0.15) is 29.2 Å². The Morgan fingerprint density at radius 3 is 2.28 bits per heavy atom. The zero-order valence-corrected chi connectivity index (χ0v) is 32.7. The fourth-order valence-corrected chi connectivity index (χ4v) is 7.80. The smallest absolute Gasteiger partial charge is 0.289 e. The third-order valence-electron chi connectivity index (χ3n) is 10.7. The van der Waals surface area contributed by atoms with Gasteiger partial charge < -0.3 is 30.3 Å². The average Bonchev–Trinajstić information content (AvgIpc) is 3.80. The average molecular weight is 758 g/mol. The summed E-state index contributed by atoms with van der Waals surface area (Å²) in [5.74, 6) is -1.53. The number of likely N-dealkylation sites (tertiary alicyclic amines) is 1. The van der Waals surface area contributed by atoms with E-state index in [2.05, 4.69) is 21.4 Å². The van der Waals surface area contributed by atoms with Crippen LogP contribution in [0.5, 0.6) is 11.5 Å². The van der Waals surface area contributed by atoms with Crippen LogP contribution in [0.4, 0.5) is 0 Å². The van der Waals surface area contributed by atoms with E-state index in [0.29, 0.717) is 40.6 Å². The van der Waals surface area contributed by atoms with Crippen LogP contribution in [0.3, 0.4) is 0 Å². The number of ketones is 1. The van der Waals surface area contributed by atoms with Gasteiger partial charge in [0.2, 0.25) is 23.5 Å². The molecule has 1 spiro atoms. The van der Waals surface area contributed by atoms with Gasteiger partial charge in [0.15, 0.2) is 0 Å². The second kappa shape index (κ2) is 17.1. The van der Waals surface area contributed by atoms with Crippen molar-refractivity contribution in [2.75, 3.05) is 20.8 Å². The highest BCUT2D eigenvalue weighted by atomic mass is 35.5. The van der Waals surface area contributed by atoms with E-state index in [1.165, 1.54) is 32.0 Å². The van der Waals surface area contributed by atoms with E-state index in [1.54, 1.807) is 18.2 Å². The third-order valence-corrected chi connectivity index (χ3v) is 11.0. The zero-order valence-electron chi connectivity index (χ0n) is 31.9. The summed E-state index contributed by atoms with van der Waals surface area (Å²) in [5.41, 5.74) is 2.17. The number of carbonyl (C=O) groups excluding carboxylic acids is 5. The largest absolute Gasteiger partial charge is 0.496 e. The summed E-state index contributed by atoms with van der Waals surface area (Å²) in [6, 6.07) is 0.186. The van der Waals surface area contributed by atoms with Crippen molar-refractivity contribution < 1.29 is 38.3 Å². The molecule has 1 aromatic rings. The Morgan fingerprint density at radius 1 is 1.00 bits per heavy atom. The van der Waals surface area contributed by atoms with Crippen molar-refractivity contribution in [3.05, 3.63) is 28.8 Å². The molecule has 0 bridgehead atoms. The van der Waals surface area contributed by atoms with Gasteiger partial charge in [-0.1, -0.05) is 71.4 Å². The quantitative estimate of drug-likeness (QED) is 0.157. The summed E-state index contributed by atoms with van der Waals surface area (Å²) in [7, 11) is 3.02. The van der Waals surface area contributed by atoms with Crippen LogP contribution < -0.4 is 30.9 Å². The van der Waals surface area contributed by atoms with Gasteiger partial charge in [-0.25, -0.2) is 0 Å². The van der Waals surface area contributed by atoms with Crippen LogP contribution in [0, 0.1) is 11.3 Å². The van der Waals surface area contributed by atoms with Crippen LogP contribution in [-0.4, -0.2) is 84.8 Å². The maximum absolute atomic E-state index is 14.7. The van der Waals surface area contributed by atoms with Gasteiger partial charge in [-0.05, 0) is 55.6 Å². The molecule has 4 N–H and O–H groups in total. The Hall–Kier alpha value is -3.84. The number of rotatable bonds is 14. The van der Waals surface area contributed by atoms with E-state index in [0.717, 1.165) is 38.5 Å². The molecule has 5 rings (SSSR count). The Kier molecular flexibility index (Phi) is 13.0. The van der Waals surface area contributed by atoms with Crippen molar-refractivity contribution in [1.29, 1.82) is 0 Å². The molecule has 53 heavy (non-hydrogen) atoms. The van der Waals surface area contributed by atoms with E-state index in [9.17, 15) is 24.0 Å². The van der Waals surface area contributed by atoms with Crippen molar-refractivity contribution >= 4 is 46.7 Å². The van der Waals surface area contributed by atoms with Gasteiger partial charge in [-0.2, -0.15) is 0 Å².